The number of benzene rings is 1. The maximum Gasteiger partial charge on any atom is 0.220 e. The fraction of sp³-hybridized carbons (Fsp3) is 0.529. The van der Waals surface area contributed by atoms with Gasteiger partial charge in [-0.05, 0) is 50.4 Å². The minimum absolute atomic E-state index is 0.169. The molecule has 3 rings (SSSR count). The van der Waals surface area contributed by atoms with Crippen molar-refractivity contribution in [2.45, 2.75) is 32.2 Å². The molecular weight excluding hydrogens is 276 g/mol. The molecule has 0 spiro atoms. The number of imidazole rings is 1. The third-order valence-electron chi connectivity index (χ3n) is 4.44. The molecule has 1 fully saturated rings. The highest BCUT2D eigenvalue weighted by Crippen LogP contribution is 2.17. The van der Waals surface area contributed by atoms with E-state index in [1.165, 1.54) is 12.8 Å². The number of hydrogen-bond donors (Lipinski definition) is 2. The third-order valence-corrected chi connectivity index (χ3v) is 4.44. The molecule has 1 aromatic carbocycles. The van der Waals surface area contributed by atoms with E-state index in [9.17, 15) is 4.79 Å². The Balaban J connectivity index is 1.40. The lowest BCUT2D eigenvalue weighted by atomic mass is 9.93. The Morgan fingerprint density at radius 2 is 2.14 bits per heavy atom. The first-order chi connectivity index (χ1) is 10.8. The number of aromatic nitrogens is 2. The van der Waals surface area contributed by atoms with Crippen LogP contribution in [0.3, 0.4) is 0 Å². The largest absolute Gasteiger partial charge is 0.354 e. The molecule has 1 aromatic heterocycles. The zero-order chi connectivity index (χ0) is 15.2. The molecule has 1 aliphatic heterocycles. The maximum absolute atomic E-state index is 11.9. The van der Waals surface area contributed by atoms with Crippen molar-refractivity contribution < 1.29 is 4.79 Å². The molecule has 0 unspecified atom stereocenters. The Kier molecular flexibility index (Phi) is 5.06. The first kappa shape index (κ1) is 15.0. The Bertz CT molecular complexity index is 616. The smallest absolute Gasteiger partial charge is 0.220 e. The van der Waals surface area contributed by atoms with Gasteiger partial charge < -0.3 is 15.2 Å². The zero-order valence-corrected chi connectivity index (χ0v) is 12.9. The molecule has 5 heteroatoms. The van der Waals surface area contributed by atoms with Gasteiger partial charge in [0.25, 0.3) is 0 Å². The molecule has 0 atom stereocenters. The van der Waals surface area contributed by atoms with E-state index in [-0.39, 0.29) is 5.91 Å². The minimum Gasteiger partial charge on any atom is -0.354 e. The van der Waals surface area contributed by atoms with E-state index in [2.05, 4.69) is 26.3 Å². The summed E-state index contributed by atoms with van der Waals surface area (Å²) in [6.45, 7) is 3.62. The number of amides is 1. The van der Waals surface area contributed by atoms with Gasteiger partial charge in [-0.2, -0.15) is 0 Å². The van der Waals surface area contributed by atoms with Crippen molar-refractivity contribution in [1.29, 1.82) is 0 Å². The molecular formula is C17H24N4O. The summed E-state index contributed by atoms with van der Waals surface area (Å²) in [5.41, 5.74) is 2.12. The first-order valence-corrected chi connectivity index (χ1v) is 8.20. The summed E-state index contributed by atoms with van der Waals surface area (Å²) in [4.78, 5) is 16.3. The number of nitrogens with zero attached hydrogens (tertiary/aromatic N) is 2. The SMILES string of the molecule is O=C(CCC1CCNCC1)NCCn1cnc2ccccc21. The molecule has 1 aliphatic rings. The van der Waals surface area contributed by atoms with Crippen molar-refractivity contribution in [3.63, 3.8) is 0 Å². The monoisotopic (exact) mass is 300 g/mol. The van der Waals surface area contributed by atoms with Crippen LogP contribution in [0.4, 0.5) is 0 Å². The van der Waals surface area contributed by atoms with Crippen molar-refractivity contribution >= 4 is 16.9 Å². The summed E-state index contributed by atoms with van der Waals surface area (Å²) in [7, 11) is 0. The van der Waals surface area contributed by atoms with Crippen LogP contribution >= 0.6 is 0 Å². The van der Waals surface area contributed by atoms with E-state index >= 15 is 0 Å². The quantitative estimate of drug-likeness (QED) is 0.857. The van der Waals surface area contributed by atoms with Crippen LogP contribution in [-0.2, 0) is 11.3 Å². The van der Waals surface area contributed by atoms with Crippen LogP contribution in [0.15, 0.2) is 30.6 Å². The molecule has 2 heterocycles. The average molecular weight is 300 g/mol. The van der Waals surface area contributed by atoms with Gasteiger partial charge in [0.05, 0.1) is 17.4 Å². The molecule has 2 aromatic rings. The molecule has 0 bridgehead atoms. The summed E-state index contributed by atoms with van der Waals surface area (Å²) in [5, 5.41) is 6.38. The van der Waals surface area contributed by atoms with Crippen LogP contribution in [0.2, 0.25) is 0 Å². The van der Waals surface area contributed by atoms with E-state index in [0.717, 1.165) is 37.1 Å². The van der Waals surface area contributed by atoms with Crippen LogP contribution in [0.25, 0.3) is 11.0 Å². The predicted octanol–water partition coefficient (Wildman–Crippen LogP) is 1.93. The summed E-state index contributed by atoms with van der Waals surface area (Å²) in [6.07, 6.45) is 5.91. The van der Waals surface area contributed by atoms with Gasteiger partial charge in [0.2, 0.25) is 5.91 Å². The number of carbonyl (C=O) groups is 1. The minimum atomic E-state index is 0.169. The maximum atomic E-state index is 11.9. The van der Waals surface area contributed by atoms with Crippen molar-refractivity contribution in [2.75, 3.05) is 19.6 Å². The molecule has 0 radical (unpaired) electrons. The Hall–Kier alpha value is -1.88. The predicted molar refractivity (Wildman–Crippen MR) is 87.6 cm³/mol. The van der Waals surface area contributed by atoms with Crippen LogP contribution < -0.4 is 10.6 Å². The molecule has 118 valence electrons. The highest BCUT2D eigenvalue weighted by Gasteiger charge is 2.14. The summed E-state index contributed by atoms with van der Waals surface area (Å²) in [6, 6.07) is 8.06. The molecule has 5 nitrogen and oxygen atoms in total. The van der Waals surface area contributed by atoms with Gasteiger partial charge in [-0.1, -0.05) is 12.1 Å². The second kappa shape index (κ2) is 7.40. The number of rotatable bonds is 6. The van der Waals surface area contributed by atoms with Crippen LogP contribution in [0, 0.1) is 5.92 Å². The summed E-state index contributed by atoms with van der Waals surface area (Å²) < 4.78 is 2.09. The van der Waals surface area contributed by atoms with Crippen molar-refractivity contribution in [2.24, 2.45) is 5.92 Å². The number of para-hydroxylation sites is 2. The molecule has 22 heavy (non-hydrogen) atoms. The molecule has 1 amide bonds. The number of fused-ring (bicyclic) bond motifs is 1. The third kappa shape index (κ3) is 3.85. The second-order valence-corrected chi connectivity index (χ2v) is 6.01. The van der Waals surface area contributed by atoms with Crippen LogP contribution in [0.5, 0.6) is 0 Å². The fourth-order valence-corrected chi connectivity index (χ4v) is 3.10. The van der Waals surface area contributed by atoms with Crippen molar-refractivity contribution in [1.82, 2.24) is 20.2 Å². The molecule has 2 N–H and O–H groups in total. The van der Waals surface area contributed by atoms with Gasteiger partial charge in [-0.25, -0.2) is 4.98 Å². The molecule has 1 saturated heterocycles. The highest BCUT2D eigenvalue weighted by molar-refractivity contribution is 5.76. The topological polar surface area (TPSA) is 59.0 Å². The lowest BCUT2D eigenvalue weighted by molar-refractivity contribution is -0.121. The summed E-state index contributed by atoms with van der Waals surface area (Å²) in [5.74, 6) is 0.882. The normalized spacial score (nSPS) is 16.0. The van der Waals surface area contributed by atoms with E-state index in [4.69, 9.17) is 0 Å². The van der Waals surface area contributed by atoms with Gasteiger partial charge >= 0.3 is 0 Å². The highest BCUT2D eigenvalue weighted by atomic mass is 16.1. The van der Waals surface area contributed by atoms with E-state index in [1.807, 2.05) is 24.5 Å². The zero-order valence-electron chi connectivity index (χ0n) is 12.9. The van der Waals surface area contributed by atoms with Crippen LogP contribution in [-0.4, -0.2) is 35.1 Å². The Morgan fingerprint density at radius 3 is 3.00 bits per heavy atom. The number of piperidine rings is 1. The number of nitrogens with one attached hydrogen (secondary N) is 2. The van der Waals surface area contributed by atoms with Gasteiger partial charge in [0.15, 0.2) is 0 Å². The van der Waals surface area contributed by atoms with E-state index < -0.39 is 0 Å². The van der Waals surface area contributed by atoms with Gasteiger partial charge in [0, 0.05) is 19.5 Å². The van der Waals surface area contributed by atoms with Crippen molar-refractivity contribution in [3.8, 4) is 0 Å². The lowest BCUT2D eigenvalue weighted by Crippen LogP contribution is -2.30. The van der Waals surface area contributed by atoms with Crippen molar-refractivity contribution in [3.05, 3.63) is 30.6 Å². The van der Waals surface area contributed by atoms with Gasteiger partial charge in [-0.15, -0.1) is 0 Å². The first-order valence-electron chi connectivity index (χ1n) is 8.20. The average Bonchev–Trinajstić information content (AvgIpc) is 2.97. The van der Waals surface area contributed by atoms with E-state index in [0.29, 0.717) is 18.9 Å². The number of hydrogen-bond acceptors (Lipinski definition) is 3. The fourth-order valence-electron chi connectivity index (χ4n) is 3.10. The standard InChI is InChI=1S/C17H24N4O/c22-17(6-5-14-7-9-18-10-8-14)19-11-12-21-13-20-15-3-1-2-4-16(15)21/h1-4,13-14,18H,5-12H2,(H,19,22). The second-order valence-electron chi connectivity index (χ2n) is 6.01. The van der Waals surface area contributed by atoms with Gasteiger partial charge in [-0.3, -0.25) is 4.79 Å². The van der Waals surface area contributed by atoms with Gasteiger partial charge in [0.1, 0.15) is 0 Å². The molecule has 0 aliphatic carbocycles. The Labute approximate surface area is 131 Å². The number of carbonyl (C=O) groups excluding carboxylic acids is 1. The summed E-state index contributed by atoms with van der Waals surface area (Å²) >= 11 is 0. The molecule has 0 saturated carbocycles. The van der Waals surface area contributed by atoms with Crippen LogP contribution in [0.1, 0.15) is 25.7 Å². The Morgan fingerprint density at radius 1 is 1.32 bits per heavy atom. The van der Waals surface area contributed by atoms with E-state index in [1.54, 1.807) is 0 Å². The lowest BCUT2D eigenvalue weighted by Gasteiger charge is -2.22.